The molecule has 1 aliphatic rings. The Morgan fingerprint density at radius 2 is 1.52 bits per heavy atom. The number of hydrogen-bond acceptors (Lipinski definition) is 3. The molecular formula is C17H15F2NO3. The molecule has 0 unspecified atom stereocenters. The highest BCUT2D eigenvalue weighted by Gasteiger charge is 2.52. The molecule has 1 heterocycles. The van der Waals surface area contributed by atoms with E-state index in [4.69, 9.17) is 5.11 Å². The van der Waals surface area contributed by atoms with E-state index in [-0.39, 0.29) is 5.91 Å². The van der Waals surface area contributed by atoms with E-state index in [2.05, 4.69) is 0 Å². The van der Waals surface area contributed by atoms with Crippen LogP contribution in [0.15, 0.2) is 48.5 Å². The predicted molar refractivity (Wildman–Crippen MR) is 79.6 cm³/mol. The minimum atomic E-state index is -1.21. The van der Waals surface area contributed by atoms with Gasteiger partial charge in [-0.25, -0.2) is 8.78 Å². The molecule has 0 spiro atoms. The van der Waals surface area contributed by atoms with E-state index >= 15 is 0 Å². The number of hydrogen-bond donors (Lipinski definition) is 2. The minimum Gasteiger partial charge on any atom is -0.394 e. The maximum Gasteiger partial charge on any atom is 0.235 e. The first-order valence-electron chi connectivity index (χ1n) is 7.16. The summed E-state index contributed by atoms with van der Waals surface area (Å²) in [6.07, 6.45) is -1.21. The number of anilines is 1. The van der Waals surface area contributed by atoms with E-state index in [0.29, 0.717) is 11.3 Å². The Morgan fingerprint density at radius 3 is 2.04 bits per heavy atom. The molecule has 4 nitrogen and oxygen atoms in total. The van der Waals surface area contributed by atoms with Crippen LogP contribution in [0.5, 0.6) is 0 Å². The lowest BCUT2D eigenvalue weighted by Gasteiger charge is -2.49. The van der Waals surface area contributed by atoms with Crippen LogP contribution in [0.25, 0.3) is 0 Å². The molecule has 2 aromatic carbocycles. The highest BCUT2D eigenvalue weighted by molar-refractivity contribution is 6.03. The van der Waals surface area contributed by atoms with Crippen LogP contribution < -0.4 is 4.90 Å². The second-order valence-corrected chi connectivity index (χ2v) is 5.46. The van der Waals surface area contributed by atoms with Crippen molar-refractivity contribution in [1.82, 2.24) is 0 Å². The molecule has 2 aromatic rings. The number of benzene rings is 2. The molecule has 1 aliphatic heterocycles. The second kappa shape index (κ2) is 6.06. The van der Waals surface area contributed by atoms with E-state index in [1.807, 2.05) is 0 Å². The molecule has 1 amide bonds. The van der Waals surface area contributed by atoms with Gasteiger partial charge in [0.1, 0.15) is 11.6 Å². The minimum absolute atomic E-state index is 0.368. The van der Waals surface area contributed by atoms with E-state index in [9.17, 15) is 18.7 Å². The molecule has 3 atom stereocenters. The van der Waals surface area contributed by atoms with Crippen molar-refractivity contribution in [2.75, 3.05) is 11.5 Å². The molecule has 6 heteroatoms. The first kappa shape index (κ1) is 15.6. The summed E-state index contributed by atoms with van der Waals surface area (Å²) in [5, 5.41) is 19.1. The summed E-state index contributed by atoms with van der Waals surface area (Å²) in [7, 11) is 0. The first-order chi connectivity index (χ1) is 11.0. The van der Waals surface area contributed by atoms with Gasteiger partial charge in [0.05, 0.1) is 24.7 Å². The molecule has 0 aromatic heterocycles. The molecule has 0 bridgehead atoms. The van der Waals surface area contributed by atoms with Crippen LogP contribution in [-0.4, -0.2) is 28.8 Å². The normalized spacial score (nSPS) is 21.9. The summed E-state index contributed by atoms with van der Waals surface area (Å²) in [6.45, 7) is -0.550. The fourth-order valence-electron chi connectivity index (χ4n) is 2.91. The Morgan fingerprint density at radius 1 is 1.00 bits per heavy atom. The Balaban J connectivity index is 1.99. The van der Waals surface area contributed by atoms with Gasteiger partial charge in [-0.2, -0.15) is 0 Å². The van der Waals surface area contributed by atoms with Gasteiger partial charge in [-0.3, -0.25) is 4.79 Å². The summed E-state index contributed by atoms with van der Waals surface area (Å²) in [5.74, 6) is -2.03. The van der Waals surface area contributed by atoms with E-state index < -0.39 is 36.3 Å². The van der Waals surface area contributed by atoms with Crippen molar-refractivity contribution in [1.29, 1.82) is 0 Å². The molecule has 2 N–H and O–H groups in total. The number of rotatable bonds is 4. The standard InChI is InChI=1S/C17H15F2NO3/c18-11-3-1-10(2-4-11)16-15(14(22)9-21)17(23)20(16)13-7-5-12(19)6-8-13/h1-8,14-16,21-22H,9H2/t14-,15-,16+/m1/s1. The fourth-order valence-corrected chi connectivity index (χ4v) is 2.91. The lowest BCUT2D eigenvalue weighted by Crippen LogP contribution is -2.60. The third kappa shape index (κ3) is 2.71. The number of aliphatic hydroxyl groups excluding tert-OH is 2. The number of aliphatic hydroxyl groups is 2. The van der Waals surface area contributed by atoms with Gasteiger partial charge in [0, 0.05) is 5.69 Å². The highest BCUT2D eigenvalue weighted by atomic mass is 19.1. The van der Waals surface area contributed by atoms with Gasteiger partial charge < -0.3 is 15.1 Å². The van der Waals surface area contributed by atoms with Crippen LogP contribution in [0.1, 0.15) is 11.6 Å². The van der Waals surface area contributed by atoms with Crippen molar-refractivity contribution in [3.63, 3.8) is 0 Å². The van der Waals surface area contributed by atoms with Crippen molar-refractivity contribution in [2.24, 2.45) is 5.92 Å². The Hall–Kier alpha value is -2.31. The van der Waals surface area contributed by atoms with E-state index in [0.717, 1.165) is 0 Å². The van der Waals surface area contributed by atoms with Crippen molar-refractivity contribution < 1.29 is 23.8 Å². The predicted octanol–water partition coefficient (Wildman–Crippen LogP) is 2.02. The van der Waals surface area contributed by atoms with Crippen LogP contribution in [-0.2, 0) is 4.79 Å². The summed E-state index contributed by atoms with van der Waals surface area (Å²) < 4.78 is 26.2. The molecule has 23 heavy (non-hydrogen) atoms. The van der Waals surface area contributed by atoms with Gasteiger partial charge in [-0.15, -0.1) is 0 Å². The zero-order valence-electron chi connectivity index (χ0n) is 12.1. The molecule has 3 rings (SSSR count). The largest absolute Gasteiger partial charge is 0.394 e. The van der Waals surface area contributed by atoms with Crippen LogP contribution in [0, 0.1) is 17.6 Å². The highest BCUT2D eigenvalue weighted by Crippen LogP contribution is 2.45. The monoisotopic (exact) mass is 319 g/mol. The number of amides is 1. The average Bonchev–Trinajstić information content (AvgIpc) is 2.55. The molecule has 0 radical (unpaired) electrons. The lowest BCUT2D eigenvalue weighted by molar-refractivity contribution is -0.137. The van der Waals surface area contributed by atoms with Gasteiger partial charge in [-0.1, -0.05) is 12.1 Å². The van der Waals surface area contributed by atoms with Gasteiger partial charge in [0.2, 0.25) is 5.91 Å². The second-order valence-electron chi connectivity index (χ2n) is 5.46. The molecule has 0 aliphatic carbocycles. The lowest BCUT2D eigenvalue weighted by atomic mass is 9.78. The Labute approximate surface area is 131 Å². The number of carbonyl (C=O) groups excluding carboxylic acids is 1. The molecular weight excluding hydrogens is 304 g/mol. The van der Waals surface area contributed by atoms with Crippen molar-refractivity contribution in [2.45, 2.75) is 12.1 Å². The summed E-state index contributed by atoms with van der Waals surface area (Å²) >= 11 is 0. The molecule has 1 fully saturated rings. The van der Waals surface area contributed by atoms with Crippen LogP contribution in [0.4, 0.5) is 14.5 Å². The summed E-state index contributed by atoms with van der Waals surface area (Å²) in [4.78, 5) is 13.8. The number of β-lactam (4-membered cyclic amide) rings is 1. The van der Waals surface area contributed by atoms with Gasteiger partial charge >= 0.3 is 0 Å². The van der Waals surface area contributed by atoms with Crippen molar-refractivity contribution in [3.8, 4) is 0 Å². The van der Waals surface area contributed by atoms with Gasteiger partial charge in [0.25, 0.3) is 0 Å². The fraction of sp³-hybridized carbons (Fsp3) is 0.235. The van der Waals surface area contributed by atoms with Crippen LogP contribution in [0.2, 0.25) is 0 Å². The van der Waals surface area contributed by atoms with Crippen LogP contribution >= 0.6 is 0 Å². The Bertz CT molecular complexity index is 703. The summed E-state index contributed by atoms with van der Waals surface area (Å²) in [6, 6.07) is 10.4. The Kier molecular flexibility index (Phi) is 4.11. The topological polar surface area (TPSA) is 60.8 Å². The number of carbonyl (C=O) groups is 1. The third-order valence-corrected chi connectivity index (χ3v) is 4.06. The number of halogens is 2. The number of nitrogens with zero attached hydrogens (tertiary/aromatic N) is 1. The zero-order chi connectivity index (χ0) is 16.6. The maximum absolute atomic E-state index is 13.1. The zero-order valence-corrected chi connectivity index (χ0v) is 12.1. The van der Waals surface area contributed by atoms with Crippen LogP contribution in [0.3, 0.4) is 0 Å². The SMILES string of the molecule is O=C1[C@H]([C@H](O)CO)[C@H](c2ccc(F)cc2)N1c1ccc(F)cc1. The van der Waals surface area contributed by atoms with Gasteiger partial charge in [-0.05, 0) is 42.0 Å². The molecule has 120 valence electrons. The van der Waals surface area contributed by atoms with Crippen molar-refractivity contribution in [3.05, 3.63) is 65.7 Å². The smallest absolute Gasteiger partial charge is 0.235 e. The average molecular weight is 319 g/mol. The maximum atomic E-state index is 13.1. The first-order valence-corrected chi connectivity index (χ1v) is 7.16. The molecule has 1 saturated heterocycles. The third-order valence-electron chi connectivity index (χ3n) is 4.06. The van der Waals surface area contributed by atoms with Gasteiger partial charge in [0.15, 0.2) is 0 Å². The summed E-state index contributed by atoms with van der Waals surface area (Å²) in [5.41, 5.74) is 1.11. The molecule has 0 saturated carbocycles. The quantitative estimate of drug-likeness (QED) is 0.848. The van der Waals surface area contributed by atoms with E-state index in [1.165, 1.54) is 53.4 Å². The van der Waals surface area contributed by atoms with E-state index in [1.54, 1.807) is 0 Å². The van der Waals surface area contributed by atoms with Crippen molar-refractivity contribution >= 4 is 11.6 Å².